The van der Waals surface area contributed by atoms with Gasteiger partial charge in [-0.1, -0.05) is 48.9 Å². The van der Waals surface area contributed by atoms with Crippen LogP contribution >= 0.6 is 0 Å². The van der Waals surface area contributed by atoms with Crippen molar-refractivity contribution in [1.29, 1.82) is 0 Å². The predicted octanol–water partition coefficient (Wildman–Crippen LogP) is 8.85. The van der Waals surface area contributed by atoms with Gasteiger partial charge in [0.15, 0.2) is 17.4 Å². The Hall–Kier alpha value is -2.42. The quantitative estimate of drug-likeness (QED) is 0.365. The molecule has 2 aromatic rings. The van der Waals surface area contributed by atoms with Crippen LogP contribution in [0.3, 0.4) is 0 Å². The Labute approximate surface area is 197 Å². The fourth-order valence-corrected chi connectivity index (χ4v) is 5.94. The van der Waals surface area contributed by atoms with E-state index in [4.69, 9.17) is 4.74 Å². The molecule has 176 valence electrons. The number of ether oxygens (including phenoxy) is 1. The second-order valence-electron chi connectivity index (χ2n) is 9.85. The van der Waals surface area contributed by atoms with Gasteiger partial charge >= 0.3 is 0 Å². The number of hydrogen-bond donors (Lipinski definition) is 0. The molecule has 0 N–H and O–H groups in total. The van der Waals surface area contributed by atoms with Gasteiger partial charge < -0.3 is 4.74 Å². The van der Waals surface area contributed by atoms with Crippen LogP contribution in [0.4, 0.5) is 8.78 Å². The molecule has 0 saturated heterocycles. The zero-order chi connectivity index (χ0) is 23.2. The molecule has 3 heteroatoms. The summed E-state index contributed by atoms with van der Waals surface area (Å²) >= 11 is 0. The number of hydrogen-bond acceptors (Lipinski definition) is 1. The third-order valence-electron chi connectivity index (χ3n) is 7.77. The van der Waals surface area contributed by atoms with Crippen LogP contribution in [0.1, 0.15) is 69.8 Å². The predicted molar refractivity (Wildman–Crippen MR) is 132 cm³/mol. The summed E-state index contributed by atoms with van der Waals surface area (Å²) in [5.41, 5.74) is 2.72. The molecule has 1 nitrogen and oxygen atoms in total. The molecule has 2 aliphatic rings. The number of rotatable bonds is 8. The van der Waals surface area contributed by atoms with Gasteiger partial charge in [-0.3, -0.25) is 0 Å². The summed E-state index contributed by atoms with van der Waals surface area (Å²) in [6, 6.07) is 11.0. The van der Waals surface area contributed by atoms with Gasteiger partial charge in [0.05, 0.1) is 0 Å². The lowest BCUT2D eigenvalue weighted by atomic mass is 9.63. The Morgan fingerprint density at radius 3 is 2.33 bits per heavy atom. The van der Waals surface area contributed by atoms with E-state index in [1.165, 1.54) is 62.6 Å². The third-order valence-corrected chi connectivity index (χ3v) is 7.77. The molecule has 4 rings (SSSR count). The van der Waals surface area contributed by atoms with E-state index in [0.29, 0.717) is 11.5 Å². The molecule has 2 saturated carbocycles. The van der Waals surface area contributed by atoms with Gasteiger partial charge in [0.2, 0.25) is 0 Å². The topological polar surface area (TPSA) is 9.23 Å². The summed E-state index contributed by atoms with van der Waals surface area (Å²) < 4.78 is 34.1. The van der Waals surface area contributed by atoms with Crippen molar-refractivity contribution in [2.45, 2.75) is 64.2 Å². The minimum Gasteiger partial charge on any atom is -0.483 e. The van der Waals surface area contributed by atoms with E-state index in [1.54, 1.807) is 12.2 Å². The van der Waals surface area contributed by atoms with Crippen LogP contribution in [-0.4, -0.2) is 6.61 Å². The maximum atomic E-state index is 14.5. The summed E-state index contributed by atoms with van der Waals surface area (Å²) in [5, 5.41) is 0. The second-order valence-corrected chi connectivity index (χ2v) is 9.85. The van der Waals surface area contributed by atoms with Crippen LogP contribution in [0, 0.1) is 29.4 Å². The van der Waals surface area contributed by atoms with E-state index in [1.807, 2.05) is 19.1 Å². The Bertz CT molecular complexity index is 939. The Balaban J connectivity index is 1.40. The molecule has 0 spiro atoms. The van der Waals surface area contributed by atoms with Crippen molar-refractivity contribution >= 4 is 0 Å². The van der Waals surface area contributed by atoms with Gasteiger partial charge in [0.1, 0.15) is 6.61 Å². The molecule has 0 radical (unpaired) electrons. The largest absolute Gasteiger partial charge is 0.483 e. The molecular weight excluding hydrogens is 414 g/mol. The Kier molecular flexibility index (Phi) is 8.01. The maximum Gasteiger partial charge on any atom is 0.191 e. The van der Waals surface area contributed by atoms with E-state index in [9.17, 15) is 8.78 Å². The average Bonchev–Trinajstić information content (AvgIpc) is 2.84. The molecule has 2 fully saturated rings. The van der Waals surface area contributed by atoms with E-state index in [2.05, 4.69) is 24.8 Å². The van der Waals surface area contributed by atoms with Crippen LogP contribution in [0.5, 0.6) is 5.75 Å². The van der Waals surface area contributed by atoms with E-state index >= 15 is 0 Å². The molecular formula is C30H36F2O. The van der Waals surface area contributed by atoms with Crippen LogP contribution in [0.15, 0.2) is 61.2 Å². The van der Waals surface area contributed by atoms with E-state index in [-0.39, 0.29) is 12.4 Å². The van der Waals surface area contributed by atoms with Crippen molar-refractivity contribution in [3.63, 3.8) is 0 Å². The van der Waals surface area contributed by atoms with E-state index in [0.717, 1.165) is 29.7 Å². The first-order valence-corrected chi connectivity index (χ1v) is 12.5. The molecule has 33 heavy (non-hydrogen) atoms. The normalized spacial score (nSPS) is 25.1. The molecule has 4 atom stereocenters. The maximum absolute atomic E-state index is 14.5. The zero-order valence-electron chi connectivity index (χ0n) is 19.7. The van der Waals surface area contributed by atoms with Gasteiger partial charge in [0, 0.05) is 0 Å². The SMILES string of the molecule is C=CCCC1CCC2CC(c3ccc(-c4cc(F)c(OC/C=C/C)c(F)c4)cc3)CCC2C1. The summed E-state index contributed by atoms with van der Waals surface area (Å²) in [5.74, 6) is 1.58. The molecule has 0 heterocycles. The zero-order valence-corrected chi connectivity index (χ0v) is 19.7. The average molecular weight is 451 g/mol. The van der Waals surface area contributed by atoms with Crippen molar-refractivity contribution in [3.8, 4) is 16.9 Å². The highest BCUT2D eigenvalue weighted by Crippen LogP contribution is 2.48. The van der Waals surface area contributed by atoms with Crippen molar-refractivity contribution < 1.29 is 13.5 Å². The summed E-state index contributed by atoms with van der Waals surface area (Å²) in [4.78, 5) is 0. The lowest BCUT2D eigenvalue weighted by molar-refractivity contribution is 0.115. The third kappa shape index (κ3) is 5.75. The minimum atomic E-state index is -0.666. The number of allylic oxidation sites excluding steroid dienone is 2. The molecule has 0 aliphatic heterocycles. The summed E-state index contributed by atoms with van der Waals surface area (Å²) in [6.45, 7) is 5.86. The monoisotopic (exact) mass is 450 g/mol. The first kappa shape index (κ1) is 23.7. The van der Waals surface area contributed by atoms with Gasteiger partial charge in [0.25, 0.3) is 0 Å². The molecule has 0 bridgehead atoms. The molecule has 0 aromatic heterocycles. The number of halogens is 2. The number of benzene rings is 2. The Morgan fingerprint density at radius 1 is 0.939 bits per heavy atom. The van der Waals surface area contributed by atoms with Crippen LogP contribution < -0.4 is 4.74 Å². The van der Waals surface area contributed by atoms with E-state index < -0.39 is 11.6 Å². The highest BCUT2D eigenvalue weighted by molar-refractivity contribution is 5.65. The van der Waals surface area contributed by atoms with Crippen LogP contribution in [0.25, 0.3) is 11.1 Å². The van der Waals surface area contributed by atoms with Crippen molar-refractivity contribution in [2.24, 2.45) is 17.8 Å². The van der Waals surface area contributed by atoms with Crippen molar-refractivity contribution in [2.75, 3.05) is 6.61 Å². The highest BCUT2D eigenvalue weighted by atomic mass is 19.1. The second kappa shape index (κ2) is 11.1. The van der Waals surface area contributed by atoms with Gasteiger partial charge in [-0.2, -0.15) is 0 Å². The van der Waals surface area contributed by atoms with Gasteiger partial charge in [-0.15, -0.1) is 6.58 Å². The smallest absolute Gasteiger partial charge is 0.191 e. The van der Waals surface area contributed by atoms with Crippen LogP contribution in [0.2, 0.25) is 0 Å². The fraction of sp³-hybridized carbons (Fsp3) is 0.467. The fourth-order valence-electron chi connectivity index (χ4n) is 5.94. The number of fused-ring (bicyclic) bond motifs is 1. The molecule has 2 aromatic carbocycles. The Morgan fingerprint density at radius 2 is 1.64 bits per heavy atom. The van der Waals surface area contributed by atoms with Crippen LogP contribution in [-0.2, 0) is 0 Å². The minimum absolute atomic E-state index is 0.150. The summed E-state index contributed by atoms with van der Waals surface area (Å²) in [7, 11) is 0. The lowest BCUT2D eigenvalue weighted by Crippen LogP contribution is -2.30. The van der Waals surface area contributed by atoms with Gasteiger partial charge in [-0.05, 0) is 104 Å². The first-order chi connectivity index (χ1) is 16.1. The highest BCUT2D eigenvalue weighted by Gasteiger charge is 2.35. The summed E-state index contributed by atoms with van der Waals surface area (Å²) in [6.07, 6.45) is 16.0. The first-order valence-electron chi connectivity index (χ1n) is 12.5. The van der Waals surface area contributed by atoms with Crippen molar-refractivity contribution in [1.82, 2.24) is 0 Å². The standard InChI is InChI=1S/C30H36F2O/c1-3-5-7-21-8-9-26-18-25(15-14-24(26)17-21)22-10-12-23(13-11-22)27-19-28(31)30(29(32)20-27)33-16-6-4-2/h3-4,6,10-13,19-21,24-26H,1,5,7-9,14-18H2,2H3/b6-4+. The van der Waals surface area contributed by atoms with Crippen molar-refractivity contribution in [3.05, 3.63) is 78.4 Å². The molecule has 4 unspecified atom stereocenters. The van der Waals surface area contributed by atoms with Gasteiger partial charge in [-0.25, -0.2) is 8.78 Å². The molecule has 2 aliphatic carbocycles. The lowest BCUT2D eigenvalue weighted by Gasteiger charge is -2.42. The molecule has 0 amide bonds.